The van der Waals surface area contributed by atoms with Crippen LogP contribution in [0.4, 0.5) is 5.69 Å². The molecule has 2 amide bonds. The molecule has 2 aromatic carbocycles. The number of nitrogens with zero attached hydrogens (tertiary/aromatic N) is 1. The van der Waals surface area contributed by atoms with Gasteiger partial charge in [0.05, 0.1) is 29.4 Å². The molecule has 0 radical (unpaired) electrons. The number of likely N-dealkylation sites (N-methyl/N-ethyl adjacent to an activating group) is 1. The van der Waals surface area contributed by atoms with Crippen LogP contribution in [0.2, 0.25) is 10.0 Å². The summed E-state index contributed by atoms with van der Waals surface area (Å²) in [4.78, 5) is 26.4. The van der Waals surface area contributed by atoms with Crippen molar-refractivity contribution in [3.8, 4) is 11.5 Å². The van der Waals surface area contributed by atoms with Gasteiger partial charge < -0.3 is 19.7 Å². The van der Waals surface area contributed by atoms with Crippen LogP contribution >= 0.6 is 23.2 Å². The molecule has 32 heavy (non-hydrogen) atoms. The van der Waals surface area contributed by atoms with Crippen LogP contribution in [0.1, 0.15) is 26.3 Å². The second-order valence-electron chi connectivity index (χ2n) is 7.45. The molecule has 0 aliphatic carbocycles. The monoisotopic (exact) mass is 478 g/mol. The van der Waals surface area contributed by atoms with E-state index in [0.29, 0.717) is 46.3 Å². The lowest BCUT2D eigenvalue weighted by Crippen LogP contribution is -2.37. The van der Waals surface area contributed by atoms with Crippen molar-refractivity contribution < 1.29 is 19.1 Å². The predicted molar refractivity (Wildman–Crippen MR) is 130 cm³/mol. The SMILES string of the molecule is CCN(CC(=O)Nc1c(Cl)cccc1Cl)C(=O)/C=C/c1ccc(OCC(C)C)c(OC)c1. The van der Waals surface area contributed by atoms with Gasteiger partial charge in [0.2, 0.25) is 11.8 Å². The molecule has 172 valence electrons. The van der Waals surface area contributed by atoms with Crippen molar-refractivity contribution in [2.45, 2.75) is 20.8 Å². The summed E-state index contributed by atoms with van der Waals surface area (Å²) in [6.45, 7) is 6.74. The lowest BCUT2D eigenvalue weighted by molar-refractivity contribution is -0.130. The number of carbonyl (C=O) groups excluding carboxylic acids is 2. The molecule has 0 saturated carbocycles. The van der Waals surface area contributed by atoms with Crippen molar-refractivity contribution in [2.24, 2.45) is 5.92 Å². The van der Waals surface area contributed by atoms with Crippen molar-refractivity contribution in [1.29, 1.82) is 0 Å². The van der Waals surface area contributed by atoms with E-state index in [0.717, 1.165) is 5.56 Å². The van der Waals surface area contributed by atoms with E-state index in [2.05, 4.69) is 19.2 Å². The average molecular weight is 479 g/mol. The fraction of sp³-hybridized carbons (Fsp3) is 0.333. The molecule has 0 unspecified atom stereocenters. The molecule has 0 atom stereocenters. The molecular weight excluding hydrogens is 451 g/mol. The van der Waals surface area contributed by atoms with Crippen LogP contribution in [0.15, 0.2) is 42.5 Å². The average Bonchev–Trinajstić information content (AvgIpc) is 2.77. The lowest BCUT2D eigenvalue weighted by atomic mass is 10.1. The van der Waals surface area contributed by atoms with E-state index in [1.165, 1.54) is 11.0 Å². The number of benzene rings is 2. The van der Waals surface area contributed by atoms with Crippen molar-refractivity contribution in [2.75, 3.05) is 32.1 Å². The molecule has 0 aliphatic rings. The summed E-state index contributed by atoms with van der Waals surface area (Å²) in [6, 6.07) is 10.4. The quantitative estimate of drug-likeness (QED) is 0.455. The molecule has 1 N–H and O–H groups in total. The standard InChI is InChI=1S/C24H28Cl2N2O4/c1-5-28(14-22(29)27-24-18(25)7-6-8-19(24)26)23(30)12-10-17-9-11-20(21(13-17)31-4)32-15-16(2)3/h6-13,16H,5,14-15H2,1-4H3,(H,27,29)/b12-10+. The van der Waals surface area contributed by atoms with Gasteiger partial charge in [0.25, 0.3) is 0 Å². The van der Waals surface area contributed by atoms with Crippen LogP contribution in [0.5, 0.6) is 11.5 Å². The van der Waals surface area contributed by atoms with Crippen molar-refractivity contribution in [1.82, 2.24) is 4.90 Å². The van der Waals surface area contributed by atoms with E-state index >= 15 is 0 Å². The number of carbonyl (C=O) groups is 2. The molecule has 0 fully saturated rings. The Balaban J connectivity index is 2.03. The van der Waals surface area contributed by atoms with Gasteiger partial charge in [-0.25, -0.2) is 0 Å². The van der Waals surface area contributed by atoms with Crippen molar-refractivity contribution >= 4 is 46.8 Å². The van der Waals surface area contributed by atoms with Gasteiger partial charge in [-0.05, 0) is 48.7 Å². The first kappa shape index (κ1) is 25.6. The summed E-state index contributed by atoms with van der Waals surface area (Å²) in [5, 5.41) is 3.32. The zero-order valence-electron chi connectivity index (χ0n) is 18.7. The van der Waals surface area contributed by atoms with Gasteiger partial charge in [-0.2, -0.15) is 0 Å². The number of hydrogen-bond acceptors (Lipinski definition) is 4. The number of para-hydroxylation sites is 1. The largest absolute Gasteiger partial charge is 0.493 e. The van der Waals surface area contributed by atoms with Crippen LogP contribution in [0, 0.1) is 5.92 Å². The highest BCUT2D eigenvalue weighted by Gasteiger charge is 2.16. The molecule has 0 saturated heterocycles. The maximum absolute atomic E-state index is 12.6. The number of halogens is 2. The minimum Gasteiger partial charge on any atom is -0.493 e. The third-order valence-electron chi connectivity index (χ3n) is 4.43. The van der Waals surface area contributed by atoms with E-state index < -0.39 is 5.91 Å². The Labute approximate surface area is 199 Å². The van der Waals surface area contributed by atoms with Crippen molar-refractivity contribution in [3.63, 3.8) is 0 Å². The Morgan fingerprint density at radius 2 is 1.81 bits per heavy atom. The fourth-order valence-corrected chi connectivity index (χ4v) is 3.24. The highest BCUT2D eigenvalue weighted by molar-refractivity contribution is 6.39. The Morgan fingerprint density at radius 3 is 2.41 bits per heavy atom. The molecule has 0 spiro atoms. The van der Waals surface area contributed by atoms with E-state index in [1.807, 2.05) is 12.1 Å². The Bertz CT molecular complexity index is 956. The number of nitrogens with one attached hydrogen (secondary N) is 1. The van der Waals surface area contributed by atoms with Gasteiger partial charge in [0, 0.05) is 12.6 Å². The first-order valence-corrected chi connectivity index (χ1v) is 11.0. The molecule has 0 aliphatic heterocycles. The van der Waals surface area contributed by atoms with Crippen LogP contribution < -0.4 is 14.8 Å². The van der Waals surface area contributed by atoms with E-state index in [4.69, 9.17) is 32.7 Å². The molecule has 2 rings (SSSR count). The zero-order chi connectivity index (χ0) is 23.7. The van der Waals surface area contributed by atoms with Crippen molar-refractivity contribution in [3.05, 3.63) is 58.1 Å². The second kappa shape index (κ2) is 12.4. The summed E-state index contributed by atoms with van der Waals surface area (Å²) < 4.78 is 11.1. The zero-order valence-corrected chi connectivity index (χ0v) is 20.2. The minimum absolute atomic E-state index is 0.132. The maximum Gasteiger partial charge on any atom is 0.247 e. The Kier molecular flexibility index (Phi) is 9.88. The molecule has 2 aromatic rings. The number of rotatable bonds is 10. The van der Waals surface area contributed by atoms with Crippen LogP contribution in [-0.4, -0.2) is 43.5 Å². The highest BCUT2D eigenvalue weighted by Crippen LogP contribution is 2.30. The molecule has 6 nitrogen and oxygen atoms in total. The smallest absolute Gasteiger partial charge is 0.247 e. The van der Waals surface area contributed by atoms with E-state index in [1.54, 1.807) is 44.4 Å². The van der Waals surface area contributed by atoms with E-state index in [-0.39, 0.29) is 12.5 Å². The summed E-state index contributed by atoms with van der Waals surface area (Å²) in [7, 11) is 1.57. The summed E-state index contributed by atoms with van der Waals surface area (Å²) in [5.74, 6) is 0.936. The predicted octanol–water partition coefficient (Wildman–Crippen LogP) is 5.54. The first-order chi connectivity index (χ1) is 15.2. The second-order valence-corrected chi connectivity index (χ2v) is 8.26. The van der Waals surface area contributed by atoms with Gasteiger partial charge in [-0.3, -0.25) is 9.59 Å². The summed E-state index contributed by atoms with van der Waals surface area (Å²) in [5.41, 5.74) is 1.10. The number of hydrogen-bond donors (Lipinski definition) is 1. The van der Waals surface area contributed by atoms with Crippen LogP contribution in [0.25, 0.3) is 6.08 Å². The molecule has 0 aromatic heterocycles. The minimum atomic E-state index is -0.392. The summed E-state index contributed by atoms with van der Waals surface area (Å²) in [6.07, 6.45) is 3.09. The molecule has 8 heteroatoms. The number of anilines is 1. The Morgan fingerprint density at radius 1 is 1.12 bits per heavy atom. The van der Waals surface area contributed by atoms with Gasteiger partial charge in [-0.15, -0.1) is 0 Å². The Hall–Kier alpha value is -2.70. The number of ether oxygens (including phenoxy) is 2. The fourth-order valence-electron chi connectivity index (χ4n) is 2.75. The lowest BCUT2D eigenvalue weighted by Gasteiger charge is -2.19. The normalized spacial score (nSPS) is 11.0. The van der Waals surface area contributed by atoms with Crippen LogP contribution in [0.3, 0.4) is 0 Å². The first-order valence-electron chi connectivity index (χ1n) is 10.3. The maximum atomic E-state index is 12.6. The third kappa shape index (κ3) is 7.46. The molecular formula is C24H28Cl2N2O4. The molecule has 0 bridgehead atoms. The topological polar surface area (TPSA) is 67.9 Å². The number of methoxy groups -OCH3 is 1. The third-order valence-corrected chi connectivity index (χ3v) is 5.06. The van der Waals surface area contributed by atoms with Gasteiger partial charge in [-0.1, -0.05) is 49.2 Å². The highest BCUT2D eigenvalue weighted by atomic mass is 35.5. The van der Waals surface area contributed by atoms with Gasteiger partial charge in [0.15, 0.2) is 11.5 Å². The molecule has 0 heterocycles. The van der Waals surface area contributed by atoms with Crippen LogP contribution in [-0.2, 0) is 9.59 Å². The van der Waals surface area contributed by atoms with Gasteiger partial charge in [0.1, 0.15) is 6.54 Å². The number of amides is 2. The van der Waals surface area contributed by atoms with E-state index in [9.17, 15) is 9.59 Å². The van der Waals surface area contributed by atoms with Gasteiger partial charge >= 0.3 is 0 Å². The summed E-state index contributed by atoms with van der Waals surface area (Å²) >= 11 is 12.2.